The number of carboxylic acids is 1. The highest BCUT2D eigenvalue weighted by atomic mass is 35.5. The van der Waals surface area contributed by atoms with Gasteiger partial charge in [0.2, 0.25) is 0 Å². The van der Waals surface area contributed by atoms with Crippen molar-refractivity contribution in [1.82, 2.24) is 0 Å². The fourth-order valence-electron chi connectivity index (χ4n) is 1.33. The summed E-state index contributed by atoms with van der Waals surface area (Å²) in [6, 6.07) is 5.83. The maximum atomic E-state index is 10.3. The molecule has 0 atom stereocenters. The van der Waals surface area contributed by atoms with Crippen LogP contribution in [0.15, 0.2) is 18.2 Å². The molecule has 0 aliphatic heterocycles. The van der Waals surface area contributed by atoms with E-state index in [1.165, 1.54) is 0 Å². The first-order chi connectivity index (χ1) is 6.61. The number of aliphatic carboxylic acids is 1. The molecule has 0 saturated heterocycles. The van der Waals surface area contributed by atoms with Crippen LogP contribution in [0.1, 0.15) is 24.0 Å². The van der Waals surface area contributed by atoms with Gasteiger partial charge in [-0.25, -0.2) is 0 Å². The molecule has 1 rings (SSSR count). The highest BCUT2D eigenvalue weighted by Crippen LogP contribution is 2.21. The zero-order valence-corrected chi connectivity index (χ0v) is 8.84. The van der Waals surface area contributed by atoms with Gasteiger partial charge < -0.3 is 5.11 Å². The van der Waals surface area contributed by atoms with Crippen LogP contribution >= 0.6 is 11.6 Å². The van der Waals surface area contributed by atoms with E-state index in [0.29, 0.717) is 6.42 Å². The molecule has 1 aromatic carbocycles. The molecule has 0 saturated carbocycles. The molecule has 0 fully saturated rings. The molecule has 3 heteroatoms. The molecule has 14 heavy (non-hydrogen) atoms. The number of rotatable bonds is 4. The Kier molecular flexibility index (Phi) is 3.96. The van der Waals surface area contributed by atoms with Crippen LogP contribution in [0, 0.1) is 6.92 Å². The average molecular weight is 213 g/mol. The molecule has 0 amide bonds. The van der Waals surface area contributed by atoms with Crippen molar-refractivity contribution < 1.29 is 9.90 Å². The number of carbonyl (C=O) groups is 1. The third-order valence-electron chi connectivity index (χ3n) is 2.11. The first-order valence-corrected chi connectivity index (χ1v) is 4.95. The maximum Gasteiger partial charge on any atom is 0.303 e. The van der Waals surface area contributed by atoms with Crippen molar-refractivity contribution in [3.63, 3.8) is 0 Å². The Hall–Kier alpha value is -1.02. The van der Waals surface area contributed by atoms with E-state index < -0.39 is 5.97 Å². The van der Waals surface area contributed by atoms with E-state index in [0.717, 1.165) is 22.6 Å². The molecule has 0 heterocycles. The van der Waals surface area contributed by atoms with Crippen LogP contribution in [0.5, 0.6) is 0 Å². The van der Waals surface area contributed by atoms with Gasteiger partial charge in [0.1, 0.15) is 0 Å². The number of hydrogen-bond acceptors (Lipinski definition) is 1. The summed E-state index contributed by atoms with van der Waals surface area (Å²) in [6.07, 6.45) is 1.57. The standard InChI is InChI=1S/C11H13ClO2/c1-8-4-2-5-9(11(8)12)6-3-7-10(13)14/h2,4-5H,3,6-7H2,1H3,(H,13,14). The molecule has 76 valence electrons. The summed E-state index contributed by atoms with van der Waals surface area (Å²) >= 11 is 6.06. The lowest BCUT2D eigenvalue weighted by Crippen LogP contribution is -1.96. The van der Waals surface area contributed by atoms with Crippen molar-refractivity contribution in [1.29, 1.82) is 0 Å². The van der Waals surface area contributed by atoms with Gasteiger partial charge in [0, 0.05) is 11.4 Å². The van der Waals surface area contributed by atoms with Gasteiger partial charge in [-0.15, -0.1) is 0 Å². The summed E-state index contributed by atoms with van der Waals surface area (Å²) in [7, 11) is 0. The van der Waals surface area contributed by atoms with E-state index >= 15 is 0 Å². The van der Waals surface area contributed by atoms with Crippen LogP contribution < -0.4 is 0 Å². The minimum atomic E-state index is -0.756. The number of carboxylic acid groups (broad SMARTS) is 1. The van der Waals surface area contributed by atoms with Crippen molar-refractivity contribution in [2.24, 2.45) is 0 Å². The zero-order valence-electron chi connectivity index (χ0n) is 8.09. The fraction of sp³-hybridized carbons (Fsp3) is 0.364. The minimum Gasteiger partial charge on any atom is -0.481 e. The topological polar surface area (TPSA) is 37.3 Å². The highest BCUT2D eigenvalue weighted by molar-refractivity contribution is 6.32. The maximum absolute atomic E-state index is 10.3. The molecular weight excluding hydrogens is 200 g/mol. The minimum absolute atomic E-state index is 0.199. The first kappa shape index (κ1) is 11.1. The third-order valence-corrected chi connectivity index (χ3v) is 2.65. The van der Waals surface area contributed by atoms with E-state index in [1.807, 2.05) is 25.1 Å². The Balaban J connectivity index is 2.59. The lowest BCUT2D eigenvalue weighted by Gasteiger charge is -2.05. The molecule has 0 radical (unpaired) electrons. The fourth-order valence-corrected chi connectivity index (χ4v) is 1.55. The largest absolute Gasteiger partial charge is 0.481 e. The summed E-state index contributed by atoms with van der Waals surface area (Å²) < 4.78 is 0. The van der Waals surface area contributed by atoms with Crippen molar-refractivity contribution in [3.05, 3.63) is 34.3 Å². The van der Waals surface area contributed by atoms with Gasteiger partial charge in [-0.1, -0.05) is 29.8 Å². The van der Waals surface area contributed by atoms with E-state index in [4.69, 9.17) is 16.7 Å². The predicted molar refractivity (Wildman–Crippen MR) is 56.8 cm³/mol. The Morgan fingerprint density at radius 3 is 2.86 bits per heavy atom. The summed E-state index contributed by atoms with van der Waals surface area (Å²) in [6.45, 7) is 1.95. The Bertz CT molecular complexity index is 334. The van der Waals surface area contributed by atoms with Gasteiger partial charge >= 0.3 is 5.97 Å². The molecule has 0 unspecified atom stereocenters. The van der Waals surface area contributed by atoms with Crippen LogP contribution in [0.25, 0.3) is 0 Å². The second kappa shape index (κ2) is 5.01. The molecule has 2 nitrogen and oxygen atoms in total. The average Bonchev–Trinajstić information content (AvgIpc) is 2.12. The van der Waals surface area contributed by atoms with Crippen LogP contribution in [-0.4, -0.2) is 11.1 Å². The molecule has 1 aromatic rings. The smallest absolute Gasteiger partial charge is 0.303 e. The molecular formula is C11H13ClO2. The number of benzene rings is 1. The lowest BCUT2D eigenvalue weighted by molar-refractivity contribution is -0.137. The van der Waals surface area contributed by atoms with Gasteiger partial charge in [0.25, 0.3) is 0 Å². The quantitative estimate of drug-likeness (QED) is 0.833. The van der Waals surface area contributed by atoms with Crippen LogP contribution in [0.4, 0.5) is 0 Å². The molecule has 0 aromatic heterocycles. The van der Waals surface area contributed by atoms with E-state index in [-0.39, 0.29) is 6.42 Å². The SMILES string of the molecule is Cc1cccc(CCCC(=O)O)c1Cl. The van der Waals surface area contributed by atoms with Gasteiger partial charge in [-0.2, -0.15) is 0 Å². The van der Waals surface area contributed by atoms with Crippen molar-refractivity contribution in [2.45, 2.75) is 26.2 Å². The Morgan fingerprint density at radius 2 is 2.21 bits per heavy atom. The number of halogens is 1. The van der Waals surface area contributed by atoms with Gasteiger partial charge in [0.05, 0.1) is 0 Å². The highest BCUT2D eigenvalue weighted by Gasteiger charge is 2.03. The number of aryl methyl sites for hydroxylation is 2. The van der Waals surface area contributed by atoms with E-state index in [9.17, 15) is 4.79 Å². The summed E-state index contributed by atoms with van der Waals surface area (Å²) in [5.74, 6) is -0.756. The van der Waals surface area contributed by atoms with Crippen LogP contribution in [-0.2, 0) is 11.2 Å². The molecule has 1 N–H and O–H groups in total. The monoisotopic (exact) mass is 212 g/mol. The van der Waals surface area contributed by atoms with Crippen molar-refractivity contribution in [2.75, 3.05) is 0 Å². The number of hydrogen-bond donors (Lipinski definition) is 1. The van der Waals surface area contributed by atoms with Crippen molar-refractivity contribution in [3.8, 4) is 0 Å². The molecule has 0 aliphatic rings. The molecule has 0 aliphatic carbocycles. The van der Waals surface area contributed by atoms with Crippen LogP contribution in [0.2, 0.25) is 5.02 Å². The van der Waals surface area contributed by atoms with Gasteiger partial charge in [-0.05, 0) is 30.9 Å². The molecule has 0 spiro atoms. The third kappa shape index (κ3) is 3.04. The zero-order chi connectivity index (χ0) is 10.6. The van der Waals surface area contributed by atoms with Gasteiger partial charge in [0.15, 0.2) is 0 Å². The first-order valence-electron chi connectivity index (χ1n) is 4.57. The van der Waals surface area contributed by atoms with Crippen LogP contribution in [0.3, 0.4) is 0 Å². The molecule has 0 bridgehead atoms. The Morgan fingerprint density at radius 1 is 1.50 bits per heavy atom. The predicted octanol–water partition coefficient (Wildman–Crippen LogP) is 3.06. The normalized spacial score (nSPS) is 10.1. The van der Waals surface area contributed by atoms with E-state index in [2.05, 4.69) is 0 Å². The Labute approximate surface area is 88.5 Å². The van der Waals surface area contributed by atoms with E-state index in [1.54, 1.807) is 0 Å². The summed E-state index contributed by atoms with van der Waals surface area (Å²) in [5, 5.41) is 9.24. The summed E-state index contributed by atoms with van der Waals surface area (Å²) in [5.41, 5.74) is 2.08. The van der Waals surface area contributed by atoms with Crippen molar-refractivity contribution >= 4 is 17.6 Å². The second-order valence-electron chi connectivity index (χ2n) is 3.30. The van der Waals surface area contributed by atoms with Gasteiger partial charge in [-0.3, -0.25) is 4.79 Å². The lowest BCUT2D eigenvalue weighted by atomic mass is 10.1. The summed E-state index contributed by atoms with van der Waals surface area (Å²) in [4.78, 5) is 10.3. The second-order valence-corrected chi connectivity index (χ2v) is 3.67.